The van der Waals surface area contributed by atoms with Gasteiger partial charge in [-0.25, -0.2) is 0 Å². The molecule has 0 rings (SSSR count). The summed E-state index contributed by atoms with van der Waals surface area (Å²) >= 11 is 0. The molecule has 0 aliphatic carbocycles. The van der Waals surface area contributed by atoms with E-state index in [0.29, 0.717) is 5.92 Å². The summed E-state index contributed by atoms with van der Waals surface area (Å²) < 4.78 is 0. The maximum Gasteiger partial charge on any atom is 0.0584 e. The van der Waals surface area contributed by atoms with Crippen LogP contribution in [0.2, 0.25) is 0 Å². The third kappa shape index (κ3) is 4.43. The van der Waals surface area contributed by atoms with Gasteiger partial charge in [0.05, 0.1) is 6.61 Å². The normalized spacial score (nSPS) is 14.3. The zero-order valence-corrected chi connectivity index (χ0v) is 6.52. The predicted octanol–water partition coefficient (Wildman–Crippen LogP) is 1.10. The molecule has 2 N–H and O–H groups in total. The summed E-state index contributed by atoms with van der Waals surface area (Å²) in [4.78, 5) is 0. The molecule has 0 heterocycles. The third-order valence-electron chi connectivity index (χ3n) is 1.38. The Kier molecular flexibility index (Phi) is 4.72. The molecular weight excluding hydrogens is 114 g/mol. The molecule has 60 valence electrons. The first kappa shape index (κ1) is 8.92. The first-order chi connectivity index (χ1) is 4.20. The number of rotatable bonds is 4. The van der Waals surface area contributed by atoms with Crippen molar-refractivity contribution in [3.63, 3.8) is 0 Å². The second-order valence-electron chi connectivity index (χ2n) is 2.80. The number of aliphatic hydroxyl groups excluding tert-OH is 1. The molecule has 0 bridgehead atoms. The van der Waals surface area contributed by atoms with Gasteiger partial charge in [-0.05, 0) is 19.4 Å². The zero-order valence-electron chi connectivity index (χ0n) is 6.52. The van der Waals surface area contributed by atoms with Crippen LogP contribution in [-0.4, -0.2) is 24.8 Å². The SMILES string of the molecule is CN[C@@H](CO)CC(C)C.[HH].[HH]. The minimum atomic E-state index is 0. The number of aliphatic hydroxyl groups is 1. The number of nitrogens with one attached hydrogen (secondary N) is 1. The molecule has 0 unspecified atom stereocenters. The van der Waals surface area contributed by atoms with Crippen molar-refractivity contribution in [3.8, 4) is 0 Å². The summed E-state index contributed by atoms with van der Waals surface area (Å²) in [5.74, 6) is 0.662. The van der Waals surface area contributed by atoms with Crippen LogP contribution in [0.1, 0.15) is 23.1 Å². The van der Waals surface area contributed by atoms with Gasteiger partial charge < -0.3 is 10.4 Å². The van der Waals surface area contributed by atoms with E-state index in [9.17, 15) is 0 Å². The fraction of sp³-hybridized carbons (Fsp3) is 1.00. The Morgan fingerprint density at radius 2 is 2.11 bits per heavy atom. The topological polar surface area (TPSA) is 32.3 Å². The third-order valence-corrected chi connectivity index (χ3v) is 1.38. The minimum Gasteiger partial charge on any atom is -0.395 e. The average Bonchev–Trinajstić information content (AvgIpc) is 1.82. The van der Waals surface area contributed by atoms with Crippen LogP contribution in [0.15, 0.2) is 0 Å². The summed E-state index contributed by atoms with van der Waals surface area (Å²) in [5.41, 5.74) is 0. The van der Waals surface area contributed by atoms with E-state index >= 15 is 0 Å². The summed E-state index contributed by atoms with van der Waals surface area (Å²) in [5, 5.41) is 11.7. The molecule has 0 aromatic rings. The van der Waals surface area contributed by atoms with Crippen molar-refractivity contribution in [2.45, 2.75) is 26.3 Å². The Morgan fingerprint density at radius 1 is 1.56 bits per heavy atom. The molecule has 0 aromatic carbocycles. The molecule has 0 aliphatic heterocycles. The van der Waals surface area contributed by atoms with Crippen LogP contribution < -0.4 is 5.32 Å². The molecule has 2 nitrogen and oxygen atoms in total. The monoisotopic (exact) mass is 135 g/mol. The molecule has 0 radical (unpaired) electrons. The predicted molar refractivity (Wildman–Crippen MR) is 43.6 cm³/mol. The summed E-state index contributed by atoms with van der Waals surface area (Å²) in [7, 11) is 1.88. The average molecular weight is 135 g/mol. The van der Waals surface area contributed by atoms with Crippen LogP contribution in [0.3, 0.4) is 0 Å². The van der Waals surface area contributed by atoms with Crippen LogP contribution >= 0.6 is 0 Å². The van der Waals surface area contributed by atoms with E-state index in [-0.39, 0.29) is 15.5 Å². The van der Waals surface area contributed by atoms with E-state index in [4.69, 9.17) is 5.11 Å². The number of hydrogen-bond acceptors (Lipinski definition) is 2. The van der Waals surface area contributed by atoms with E-state index in [1.165, 1.54) is 0 Å². The Hall–Kier alpha value is -0.0800. The molecule has 0 saturated heterocycles. The maximum atomic E-state index is 8.71. The lowest BCUT2D eigenvalue weighted by Crippen LogP contribution is -2.30. The van der Waals surface area contributed by atoms with Crippen molar-refractivity contribution in [1.29, 1.82) is 0 Å². The molecule has 0 fully saturated rings. The van der Waals surface area contributed by atoms with Crippen molar-refractivity contribution in [3.05, 3.63) is 0 Å². The molecular formula is C7H21NO. The van der Waals surface area contributed by atoms with Gasteiger partial charge in [0.25, 0.3) is 0 Å². The Morgan fingerprint density at radius 3 is 2.22 bits per heavy atom. The van der Waals surface area contributed by atoms with Crippen molar-refractivity contribution >= 4 is 0 Å². The minimum absolute atomic E-state index is 0. The summed E-state index contributed by atoms with van der Waals surface area (Å²) in [6, 6.07) is 0.282. The van der Waals surface area contributed by atoms with Gasteiger partial charge in [-0.1, -0.05) is 13.8 Å². The highest BCUT2D eigenvalue weighted by Crippen LogP contribution is 2.02. The summed E-state index contributed by atoms with van der Waals surface area (Å²) in [6.45, 7) is 4.55. The van der Waals surface area contributed by atoms with E-state index in [1.54, 1.807) is 0 Å². The Balaban J connectivity index is -0.000000320. The number of likely N-dealkylation sites (N-methyl/N-ethyl adjacent to an activating group) is 1. The van der Waals surface area contributed by atoms with Crippen molar-refractivity contribution < 1.29 is 7.96 Å². The van der Waals surface area contributed by atoms with Crippen molar-refractivity contribution in [2.24, 2.45) is 5.92 Å². The molecule has 0 amide bonds. The van der Waals surface area contributed by atoms with Crippen LogP contribution in [0, 0.1) is 5.92 Å². The molecule has 1 atom stereocenters. The molecule has 0 aromatic heterocycles. The van der Waals surface area contributed by atoms with Crippen LogP contribution in [0.25, 0.3) is 0 Å². The van der Waals surface area contributed by atoms with Gasteiger partial charge in [-0.2, -0.15) is 0 Å². The quantitative estimate of drug-likeness (QED) is 0.605. The van der Waals surface area contributed by atoms with Gasteiger partial charge in [0.15, 0.2) is 0 Å². The zero-order chi connectivity index (χ0) is 7.28. The van der Waals surface area contributed by atoms with Gasteiger partial charge in [-0.3, -0.25) is 0 Å². The van der Waals surface area contributed by atoms with Crippen molar-refractivity contribution in [1.82, 2.24) is 5.32 Å². The summed E-state index contributed by atoms with van der Waals surface area (Å²) in [6.07, 6.45) is 1.05. The largest absolute Gasteiger partial charge is 0.395 e. The fourth-order valence-electron chi connectivity index (χ4n) is 0.853. The standard InChI is InChI=1S/C7H17NO.2H2/c1-6(2)4-7(5-9)8-3;;/h6-9H,4-5H2,1-3H3;2*1H/t7-;;/m1../s1. The molecule has 9 heavy (non-hydrogen) atoms. The van der Waals surface area contributed by atoms with E-state index < -0.39 is 0 Å². The first-order valence-electron chi connectivity index (χ1n) is 3.48. The fourth-order valence-corrected chi connectivity index (χ4v) is 0.853. The molecule has 0 saturated carbocycles. The Labute approximate surface area is 60.2 Å². The van der Waals surface area contributed by atoms with Crippen LogP contribution in [0.4, 0.5) is 0 Å². The number of hydrogen-bond donors (Lipinski definition) is 2. The Bertz CT molecular complexity index is 67.5. The highest BCUT2D eigenvalue weighted by atomic mass is 16.3. The van der Waals surface area contributed by atoms with Crippen LogP contribution in [-0.2, 0) is 0 Å². The van der Waals surface area contributed by atoms with Gasteiger partial charge in [0.1, 0.15) is 0 Å². The highest BCUT2D eigenvalue weighted by molar-refractivity contribution is 4.63. The smallest absolute Gasteiger partial charge is 0.0584 e. The van der Waals surface area contributed by atoms with Gasteiger partial charge in [0, 0.05) is 8.90 Å². The van der Waals surface area contributed by atoms with E-state index in [0.717, 1.165) is 6.42 Å². The van der Waals surface area contributed by atoms with Gasteiger partial charge in [-0.15, -0.1) is 0 Å². The second-order valence-corrected chi connectivity index (χ2v) is 2.80. The molecule has 2 heteroatoms. The van der Waals surface area contributed by atoms with Gasteiger partial charge in [0.2, 0.25) is 0 Å². The molecule has 0 spiro atoms. The molecule has 0 aliphatic rings. The lowest BCUT2D eigenvalue weighted by atomic mass is 10.1. The van der Waals surface area contributed by atoms with E-state index in [2.05, 4.69) is 19.2 Å². The first-order valence-corrected chi connectivity index (χ1v) is 3.48. The lowest BCUT2D eigenvalue weighted by molar-refractivity contribution is 0.231. The van der Waals surface area contributed by atoms with Crippen LogP contribution in [0.5, 0.6) is 0 Å². The van der Waals surface area contributed by atoms with E-state index in [1.807, 2.05) is 7.05 Å². The lowest BCUT2D eigenvalue weighted by Gasteiger charge is -2.14. The highest BCUT2D eigenvalue weighted by Gasteiger charge is 2.04. The maximum absolute atomic E-state index is 8.71. The second kappa shape index (κ2) is 4.77. The van der Waals surface area contributed by atoms with Gasteiger partial charge >= 0.3 is 0 Å². The van der Waals surface area contributed by atoms with Crippen molar-refractivity contribution in [2.75, 3.05) is 13.7 Å².